The quantitative estimate of drug-likeness (QED) is 0.380. The SMILES string of the molecule is [C-]#[N+]c1cccc(-c2ccc(C3(OCc4nc5cc(F)c(F)cc5[nH]4)CCNCC3)cc2)c1. The zero-order valence-electron chi connectivity index (χ0n) is 17.9. The Hall–Kier alpha value is -3.60. The van der Waals surface area contributed by atoms with Gasteiger partial charge >= 0.3 is 0 Å². The molecule has 5 nitrogen and oxygen atoms in total. The highest BCUT2D eigenvalue weighted by Gasteiger charge is 2.35. The average molecular weight is 444 g/mol. The summed E-state index contributed by atoms with van der Waals surface area (Å²) in [4.78, 5) is 10.9. The molecule has 0 aliphatic carbocycles. The molecule has 1 aliphatic rings. The number of imidazole rings is 1. The Labute approximate surface area is 190 Å². The lowest BCUT2D eigenvalue weighted by Crippen LogP contribution is -2.41. The van der Waals surface area contributed by atoms with Gasteiger partial charge in [-0.25, -0.2) is 18.6 Å². The number of fused-ring (bicyclic) bond motifs is 1. The third-order valence-electron chi connectivity index (χ3n) is 6.19. The smallest absolute Gasteiger partial charge is 0.187 e. The molecule has 0 radical (unpaired) electrons. The largest absolute Gasteiger partial charge is 0.362 e. The van der Waals surface area contributed by atoms with Gasteiger partial charge in [-0.15, -0.1) is 0 Å². The molecule has 33 heavy (non-hydrogen) atoms. The second kappa shape index (κ2) is 8.74. The van der Waals surface area contributed by atoms with E-state index in [0.29, 0.717) is 22.5 Å². The lowest BCUT2D eigenvalue weighted by atomic mass is 9.84. The number of rotatable bonds is 5. The van der Waals surface area contributed by atoms with E-state index in [2.05, 4.69) is 44.4 Å². The maximum absolute atomic E-state index is 13.5. The molecule has 4 aromatic rings. The number of hydrogen-bond acceptors (Lipinski definition) is 3. The summed E-state index contributed by atoms with van der Waals surface area (Å²) < 4.78 is 33.5. The van der Waals surface area contributed by atoms with Gasteiger partial charge in [0.1, 0.15) is 12.4 Å². The van der Waals surface area contributed by atoms with Crippen LogP contribution < -0.4 is 5.32 Å². The molecule has 0 amide bonds. The van der Waals surface area contributed by atoms with E-state index in [1.165, 1.54) is 0 Å². The zero-order chi connectivity index (χ0) is 22.8. The van der Waals surface area contributed by atoms with Crippen LogP contribution in [0.2, 0.25) is 0 Å². The van der Waals surface area contributed by atoms with Crippen LogP contribution >= 0.6 is 0 Å². The number of halogens is 2. The fourth-order valence-electron chi connectivity index (χ4n) is 4.40. The minimum absolute atomic E-state index is 0.201. The molecule has 2 N–H and O–H groups in total. The second-order valence-corrected chi connectivity index (χ2v) is 8.24. The van der Waals surface area contributed by atoms with Crippen LogP contribution in [0.25, 0.3) is 27.0 Å². The van der Waals surface area contributed by atoms with Crippen molar-refractivity contribution in [3.8, 4) is 11.1 Å². The van der Waals surface area contributed by atoms with Gasteiger partial charge in [-0.3, -0.25) is 0 Å². The van der Waals surface area contributed by atoms with Gasteiger partial charge in [-0.1, -0.05) is 42.5 Å². The molecular weight excluding hydrogens is 422 g/mol. The first-order valence-corrected chi connectivity index (χ1v) is 10.8. The number of nitrogens with zero attached hydrogens (tertiary/aromatic N) is 2. The third kappa shape index (κ3) is 4.23. The van der Waals surface area contributed by atoms with Crippen LogP contribution in [0.5, 0.6) is 0 Å². The number of nitrogens with one attached hydrogen (secondary N) is 2. The highest BCUT2D eigenvalue weighted by molar-refractivity contribution is 5.75. The molecule has 1 aliphatic heterocycles. The van der Waals surface area contributed by atoms with Crippen molar-refractivity contribution in [1.82, 2.24) is 15.3 Å². The number of aromatic nitrogens is 2. The van der Waals surface area contributed by atoms with E-state index in [0.717, 1.165) is 54.8 Å². The Kier molecular flexibility index (Phi) is 5.63. The van der Waals surface area contributed by atoms with Crippen LogP contribution in [-0.2, 0) is 16.9 Å². The molecule has 2 heterocycles. The minimum atomic E-state index is -0.918. The van der Waals surface area contributed by atoms with Crippen molar-refractivity contribution < 1.29 is 13.5 Å². The molecular formula is C26H22F2N4O. The first-order chi connectivity index (χ1) is 16.1. The topological polar surface area (TPSA) is 54.3 Å². The van der Waals surface area contributed by atoms with Crippen molar-refractivity contribution in [2.45, 2.75) is 25.0 Å². The fourth-order valence-corrected chi connectivity index (χ4v) is 4.40. The molecule has 5 rings (SSSR count). The predicted molar refractivity (Wildman–Crippen MR) is 123 cm³/mol. The normalized spacial score (nSPS) is 15.4. The van der Waals surface area contributed by atoms with E-state index >= 15 is 0 Å². The molecule has 0 unspecified atom stereocenters. The summed E-state index contributed by atoms with van der Waals surface area (Å²) in [5.41, 5.74) is 4.04. The van der Waals surface area contributed by atoms with Gasteiger partial charge in [-0.05, 0) is 48.7 Å². The van der Waals surface area contributed by atoms with E-state index < -0.39 is 17.2 Å². The van der Waals surface area contributed by atoms with Crippen molar-refractivity contribution >= 4 is 16.7 Å². The van der Waals surface area contributed by atoms with Gasteiger partial charge in [0.15, 0.2) is 17.3 Å². The maximum Gasteiger partial charge on any atom is 0.187 e. The molecule has 0 saturated carbocycles. The summed E-state index contributed by atoms with van der Waals surface area (Å²) in [6.07, 6.45) is 1.59. The number of aromatic amines is 1. The van der Waals surface area contributed by atoms with Crippen LogP contribution in [0.4, 0.5) is 14.5 Å². The van der Waals surface area contributed by atoms with Gasteiger partial charge in [0.05, 0.1) is 23.2 Å². The summed E-state index contributed by atoms with van der Waals surface area (Å²) in [5, 5.41) is 3.38. The Bertz CT molecular complexity index is 1300. The molecule has 0 spiro atoms. The van der Waals surface area contributed by atoms with E-state index in [1.54, 1.807) is 6.07 Å². The Morgan fingerprint density at radius 2 is 1.73 bits per heavy atom. The zero-order valence-corrected chi connectivity index (χ0v) is 17.9. The summed E-state index contributed by atoms with van der Waals surface area (Å²) in [5.74, 6) is -1.30. The van der Waals surface area contributed by atoms with Crippen LogP contribution in [0.3, 0.4) is 0 Å². The highest BCUT2D eigenvalue weighted by Crippen LogP contribution is 2.37. The lowest BCUT2D eigenvalue weighted by molar-refractivity contribution is -0.0839. The monoisotopic (exact) mass is 444 g/mol. The molecule has 1 saturated heterocycles. The van der Waals surface area contributed by atoms with E-state index in [-0.39, 0.29) is 6.61 Å². The van der Waals surface area contributed by atoms with Gasteiger partial charge in [-0.2, -0.15) is 0 Å². The Morgan fingerprint density at radius 1 is 0.970 bits per heavy atom. The van der Waals surface area contributed by atoms with E-state index in [4.69, 9.17) is 11.3 Å². The number of H-pyrrole nitrogens is 1. The average Bonchev–Trinajstić information content (AvgIpc) is 3.25. The standard InChI is InChI=1S/C26H22F2N4O/c1-29-20-4-2-3-18(13-20)17-5-7-19(8-6-17)26(9-11-30-12-10-26)33-16-25-31-23-14-21(27)22(28)15-24(23)32-25/h2-8,13-15,30H,9-12,16H2,(H,31,32). The minimum Gasteiger partial charge on any atom is -0.362 e. The highest BCUT2D eigenvalue weighted by atomic mass is 19.2. The van der Waals surface area contributed by atoms with E-state index in [1.807, 2.05) is 18.2 Å². The van der Waals surface area contributed by atoms with Crippen molar-refractivity contribution in [2.24, 2.45) is 0 Å². The van der Waals surface area contributed by atoms with Gasteiger partial charge < -0.3 is 15.0 Å². The summed E-state index contributed by atoms with van der Waals surface area (Å²) >= 11 is 0. The molecule has 1 aromatic heterocycles. The Morgan fingerprint density at radius 3 is 2.48 bits per heavy atom. The summed E-state index contributed by atoms with van der Waals surface area (Å²) in [6, 6.07) is 18.0. The molecule has 3 aromatic carbocycles. The van der Waals surface area contributed by atoms with Crippen LogP contribution in [-0.4, -0.2) is 23.1 Å². The van der Waals surface area contributed by atoms with Crippen molar-refractivity contribution in [3.05, 3.63) is 95.1 Å². The Balaban J connectivity index is 1.40. The second-order valence-electron chi connectivity index (χ2n) is 8.24. The molecule has 166 valence electrons. The van der Waals surface area contributed by atoms with Crippen LogP contribution in [0, 0.1) is 18.2 Å². The van der Waals surface area contributed by atoms with Gasteiger partial charge in [0.2, 0.25) is 0 Å². The van der Waals surface area contributed by atoms with Crippen molar-refractivity contribution in [3.63, 3.8) is 0 Å². The van der Waals surface area contributed by atoms with Crippen molar-refractivity contribution in [2.75, 3.05) is 13.1 Å². The van der Waals surface area contributed by atoms with Crippen molar-refractivity contribution in [1.29, 1.82) is 0 Å². The fraction of sp³-hybridized carbons (Fsp3) is 0.231. The molecule has 1 fully saturated rings. The van der Waals surface area contributed by atoms with Crippen LogP contribution in [0.15, 0.2) is 60.7 Å². The number of ether oxygens (including phenoxy) is 1. The molecule has 0 atom stereocenters. The first-order valence-electron chi connectivity index (χ1n) is 10.8. The first kappa shape index (κ1) is 21.3. The molecule has 0 bridgehead atoms. The van der Waals surface area contributed by atoms with Gasteiger partial charge in [0.25, 0.3) is 0 Å². The predicted octanol–water partition coefficient (Wildman–Crippen LogP) is 5.85. The van der Waals surface area contributed by atoms with Gasteiger partial charge in [0, 0.05) is 12.1 Å². The summed E-state index contributed by atoms with van der Waals surface area (Å²) in [7, 11) is 0. The third-order valence-corrected chi connectivity index (χ3v) is 6.19. The number of piperidine rings is 1. The van der Waals surface area contributed by atoms with Crippen LogP contribution in [0.1, 0.15) is 24.2 Å². The number of benzene rings is 3. The van der Waals surface area contributed by atoms with E-state index in [9.17, 15) is 8.78 Å². The lowest BCUT2D eigenvalue weighted by Gasteiger charge is -2.38. The summed E-state index contributed by atoms with van der Waals surface area (Å²) in [6.45, 7) is 9.08. The maximum atomic E-state index is 13.5. The molecule has 7 heteroatoms. The number of hydrogen-bond donors (Lipinski definition) is 2.